The molecule has 0 aliphatic carbocycles. The zero-order valence-electron chi connectivity index (χ0n) is 11.4. The number of ether oxygens (including phenoxy) is 1. The molecule has 2 aromatic rings. The summed E-state index contributed by atoms with van der Waals surface area (Å²) in [5.41, 5.74) is 2.04. The molecule has 0 unspecified atom stereocenters. The van der Waals surface area contributed by atoms with Crippen LogP contribution in [0.25, 0.3) is 0 Å². The minimum atomic E-state index is 0.656. The number of nitrogens with one attached hydrogen (secondary N) is 1. The third kappa shape index (κ3) is 3.95. The van der Waals surface area contributed by atoms with Crippen LogP contribution in [0.4, 0.5) is 5.82 Å². The molecule has 0 saturated carbocycles. The first kappa shape index (κ1) is 13.3. The zero-order valence-corrected chi connectivity index (χ0v) is 11.4. The average Bonchev–Trinajstić information content (AvgIpc) is 2.44. The number of hydrogen-bond donors (Lipinski definition) is 1. The van der Waals surface area contributed by atoms with Gasteiger partial charge in [-0.1, -0.05) is 19.1 Å². The van der Waals surface area contributed by atoms with Crippen LogP contribution in [-0.4, -0.2) is 16.6 Å². The molecule has 0 aromatic carbocycles. The van der Waals surface area contributed by atoms with Crippen molar-refractivity contribution in [3.05, 3.63) is 47.8 Å². The standard InChI is InChI=1S/C15H19N3O/c1-3-10-19-15-13(7-5-9-16-15)11-17-14-8-4-6-12(2)18-14/h4-9H,3,10-11H2,1-2H3,(H,17,18). The van der Waals surface area contributed by atoms with Crippen LogP contribution >= 0.6 is 0 Å². The number of hydrogen-bond acceptors (Lipinski definition) is 4. The van der Waals surface area contributed by atoms with E-state index < -0.39 is 0 Å². The maximum Gasteiger partial charge on any atom is 0.218 e. The highest BCUT2D eigenvalue weighted by Crippen LogP contribution is 2.16. The van der Waals surface area contributed by atoms with Crippen LogP contribution in [0.15, 0.2) is 36.5 Å². The molecule has 4 nitrogen and oxygen atoms in total. The van der Waals surface area contributed by atoms with Crippen molar-refractivity contribution >= 4 is 5.82 Å². The van der Waals surface area contributed by atoms with Gasteiger partial charge in [0.05, 0.1) is 6.61 Å². The van der Waals surface area contributed by atoms with Gasteiger partial charge in [-0.15, -0.1) is 0 Å². The van der Waals surface area contributed by atoms with Crippen molar-refractivity contribution in [2.75, 3.05) is 11.9 Å². The van der Waals surface area contributed by atoms with Gasteiger partial charge in [-0.3, -0.25) is 0 Å². The van der Waals surface area contributed by atoms with Gasteiger partial charge in [0.2, 0.25) is 5.88 Å². The van der Waals surface area contributed by atoms with E-state index in [1.54, 1.807) is 6.20 Å². The van der Waals surface area contributed by atoms with E-state index in [1.807, 2.05) is 37.3 Å². The van der Waals surface area contributed by atoms with Gasteiger partial charge in [0.1, 0.15) is 5.82 Å². The summed E-state index contributed by atoms with van der Waals surface area (Å²) < 4.78 is 5.63. The Hall–Kier alpha value is -2.10. The summed E-state index contributed by atoms with van der Waals surface area (Å²) >= 11 is 0. The molecule has 4 heteroatoms. The number of aryl methyl sites for hydroxylation is 1. The summed E-state index contributed by atoms with van der Waals surface area (Å²) in [5, 5.41) is 3.29. The molecule has 19 heavy (non-hydrogen) atoms. The number of anilines is 1. The monoisotopic (exact) mass is 257 g/mol. The maximum absolute atomic E-state index is 5.63. The summed E-state index contributed by atoms with van der Waals surface area (Å²) in [6, 6.07) is 9.85. The largest absolute Gasteiger partial charge is 0.477 e. The van der Waals surface area contributed by atoms with E-state index in [4.69, 9.17) is 4.74 Å². The number of pyridine rings is 2. The summed E-state index contributed by atoms with van der Waals surface area (Å²) in [6.45, 7) is 5.40. The molecule has 2 aromatic heterocycles. The van der Waals surface area contributed by atoms with Crippen LogP contribution in [0.3, 0.4) is 0 Å². The van der Waals surface area contributed by atoms with Gasteiger partial charge in [0.15, 0.2) is 0 Å². The fraction of sp³-hybridized carbons (Fsp3) is 0.333. The van der Waals surface area contributed by atoms with Crippen molar-refractivity contribution in [3.63, 3.8) is 0 Å². The summed E-state index contributed by atoms with van der Waals surface area (Å²) in [5.74, 6) is 1.56. The van der Waals surface area contributed by atoms with Crippen LogP contribution in [0.5, 0.6) is 5.88 Å². The Morgan fingerprint density at radius 1 is 1.21 bits per heavy atom. The first-order valence-corrected chi connectivity index (χ1v) is 6.54. The highest BCUT2D eigenvalue weighted by atomic mass is 16.5. The molecular weight excluding hydrogens is 238 g/mol. The van der Waals surface area contributed by atoms with E-state index in [0.29, 0.717) is 19.0 Å². The third-order valence-electron chi connectivity index (χ3n) is 2.64. The first-order chi connectivity index (χ1) is 9.29. The molecular formula is C15H19N3O. The molecule has 1 N–H and O–H groups in total. The van der Waals surface area contributed by atoms with Gasteiger partial charge in [0, 0.05) is 24.0 Å². The van der Waals surface area contributed by atoms with Gasteiger partial charge in [-0.2, -0.15) is 0 Å². The third-order valence-corrected chi connectivity index (χ3v) is 2.64. The smallest absolute Gasteiger partial charge is 0.218 e. The molecule has 100 valence electrons. The molecule has 0 radical (unpaired) electrons. The molecule has 0 bridgehead atoms. The predicted octanol–water partition coefficient (Wildman–Crippen LogP) is 3.19. The molecule has 0 atom stereocenters. The fourth-order valence-corrected chi connectivity index (χ4v) is 1.71. The molecule has 0 amide bonds. The maximum atomic E-state index is 5.63. The van der Waals surface area contributed by atoms with Crippen molar-refractivity contribution in [3.8, 4) is 5.88 Å². The van der Waals surface area contributed by atoms with Crippen molar-refractivity contribution in [1.82, 2.24) is 9.97 Å². The lowest BCUT2D eigenvalue weighted by molar-refractivity contribution is 0.302. The SMILES string of the molecule is CCCOc1ncccc1CNc1cccc(C)n1. The lowest BCUT2D eigenvalue weighted by Crippen LogP contribution is -2.06. The van der Waals surface area contributed by atoms with Crippen LogP contribution in [0.2, 0.25) is 0 Å². The van der Waals surface area contributed by atoms with E-state index in [2.05, 4.69) is 22.2 Å². The van der Waals surface area contributed by atoms with E-state index in [-0.39, 0.29) is 0 Å². The van der Waals surface area contributed by atoms with Gasteiger partial charge < -0.3 is 10.1 Å². The fourth-order valence-electron chi connectivity index (χ4n) is 1.71. The number of rotatable bonds is 6. The second-order valence-corrected chi connectivity index (χ2v) is 4.33. The Kier molecular flexibility index (Phi) is 4.72. The van der Waals surface area contributed by atoms with E-state index in [1.165, 1.54) is 0 Å². The summed E-state index contributed by atoms with van der Waals surface area (Å²) in [4.78, 5) is 8.67. The molecule has 2 rings (SSSR count). The Labute approximate surface area is 113 Å². The highest BCUT2D eigenvalue weighted by molar-refractivity contribution is 5.38. The molecule has 0 aliphatic heterocycles. The average molecular weight is 257 g/mol. The van der Waals surface area contributed by atoms with E-state index in [9.17, 15) is 0 Å². The predicted molar refractivity (Wildman–Crippen MR) is 76.3 cm³/mol. The van der Waals surface area contributed by atoms with Crippen LogP contribution in [0.1, 0.15) is 24.6 Å². The first-order valence-electron chi connectivity index (χ1n) is 6.54. The number of nitrogens with zero attached hydrogens (tertiary/aromatic N) is 2. The lowest BCUT2D eigenvalue weighted by Gasteiger charge is -2.10. The van der Waals surface area contributed by atoms with E-state index >= 15 is 0 Å². The molecule has 2 heterocycles. The second-order valence-electron chi connectivity index (χ2n) is 4.33. The van der Waals surface area contributed by atoms with Gasteiger partial charge in [-0.05, 0) is 31.5 Å². The van der Waals surface area contributed by atoms with Gasteiger partial charge in [0.25, 0.3) is 0 Å². The summed E-state index contributed by atoms with van der Waals surface area (Å²) in [6.07, 6.45) is 2.72. The molecule has 0 saturated heterocycles. The van der Waals surface area contributed by atoms with Crippen LogP contribution in [0, 0.1) is 6.92 Å². The normalized spacial score (nSPS) is 10.2. The van der Waals surface area contributed by atoms with Crippen molar-refractivity contribution < 1.29 is 4.74 Å². The molecule has 0 fully saturated rings. The van der Waals surface area contributed by atoms with Gasteiger partial charge >= 0.3 is 0 Å². The van der Waals surface area contributed by atoms with Crippen LogP contribution < -0.4 is 10.1 Å². The van der Waals surface area contributed by atoms with Crippen LogP contribution in [-0.2, 0) is 6.54 Å². The summed E-state index contributed by atoms with van der Waals surface area (Å²) in [7, 11) is 0. The number of aromatic nitrogens is 2. The lowest BCUT2D eigenvalue weighted by atomic mass is 10.2. The quantitative estimate of drug-likeness (QED) is 0.863. The molecule has 0 aliphatic rings. The second kappa shape index (κ2) is 6.73. The highest BCUT2D eigenvalue weighted by Gasteiger charge is 2.04. The topological polar surface area (TPSA) is 47.0 Å². The van der Waals surface area contributed by atoms with Crippen molar-refractivity contribution in [1.29, 1.82) is 0 Å². The zero-order chi connectivity index (χ0) is 13.5. The Balaban J connectivity index is 2.02. The molecule has 0 spiro atoms. The van der Waals surface area contributed by atoms with Crippen molar-refractivity contribution in [2.24, 2.45) is 0 Å². The van der Waals surface area contributed by atoms with E-state index in [0.717, 1.165) is 23.5 Å². The van der Waals surface area contributed by atoms with Crippen molar-refractivity contribution in [2.45, 2.75) is 26.8 Å². The minimum absolute atomic E-state index is 0.656. The Morgan fingerprint density at radius 3 is 2.89 bits per heavy atom. The van der Waals surface area contributed by atoms with Gasteiger partial charge in [-0.25, -0.2) is 9.97 Å². The minimum Gasteiger partial charge on any atom is -0.477 e. The Bertz CT molecular complexity index is 528. The Morgan fingerprint density at radius 2 is 2.11 bits per heavy atom.